The van der Waals surface area contributed by atoms with Crippen molar-refractivity contribution in [2.45, 2.75) is 0 Å². The number of halogens is 2. The first-order valence-electron chi connectivity index (χ1n) is 5.33. The summed E-state index contributed by atoms with van der Waals surface area (Å²) in [6.45, 7) is 0. The van der Waals surface area contributed by atoms with E-state index >= 15 is 0 Å². The number of nitrogen functional groups attached to an aromatic ring is 1. The monoisotopic (exact) mass is 340 g/mol. The van der Waals surface area contributed by atoms with Crippen LogP contribution in [-0.4, -0.2) is 11.1 Å². The molecule has 6 heteroatoms. The number of aromatic carboxylic acids is 1. The maximum absolute atomic E-state index is 10.9. The molecule has 4 nitrogen and oxygen atoms in total. The van der Waals surface area contributed by atoms with Crippen LogP contribution in [-0.2, 0) is 0 Å². The molecule has 98 valence electrons. The lowest BCUT2D eigenvalue weighted by Gasteiger charge is -2.12. The third-order valence-corrected chi connectivity index (χ3v) is 3.92. The molecule has 19 heavy (non-hydrogen) atoms. The number of hydrogen-bond donors (Lipinski definition) is 3. The van der Waals surface area contributed by atoms with Gasteiger partial charge in [-0.1, -0.05) is 17.7 Å². The lowest BCUT2D eigenvalue weighted by Crippen LogP contribution is -2.01. The van der Waals surface area contributed by atoms with Crippen LogP contribution in [0.1, 0.15) is 10.4 Å². The van der Waals surface area contributed by atoms with Crippen LogP contribution in [0.25, 0.3) is 0 Å². The van der Waals surface area contributed by atoms with Gasteiger partial charge < -0.3 is 16.2 Å². The summed E-state index contributed by atoms with van der Waals surface area (Å²) in [5.74, 6) is -1.01. The summed E-state index contributed by atoms with van der Waals surface area (Å²) in [6.07, 6.45) is 0. The van der Waals surface area contributed by atoms with Crippen molar-refractivity contribution in [2.24, 2.45) is 0 Å². The third-order valence-electron chi connectivity index (χ3n) is 2.52. The summed E-state index contributed by atoms with van der Waals surface area (Å²) in [7, 11) is 0. The van der Waals surface area contributed by atoms with E-state index in [1.165, 1.54) is 12.1 Å². The van der Waals surface area contributed by atoms with Gasteiger partial charge in [0.1, 0.15) is 0 Å². The first kappa shape index (κ1) is 13.7. The maximum atomic E-state index is 10.9. The number of rotatable bonds is 3. The second kappa shape index (κ2) is 5.50. The molecule has 2 rings (SSSR count). The Morgan fingerprint density at radius 1 is 1.26 bits per heavy atom. The van der Waals surface area contributed by atoms with E-state index in [1.807, 2.05) is 6.07 Å². The van der Waals surface area contributed by atoms with E-state index in [-0.39, 0.29) is 5.56 Å². The second-order valence-corrected chi connectivity index (χ2v) is 5.03. The van der Waals surface area contributed by atoms with E-state index in [2.05, 4.69) is 21.2 Å². The predicted molar refractivity (Wildman–Crippen MR) is 80.2 cm³/mol. The Labute approximate surface area is 123 Å². The maximum Gasteiger partial charge on any atom is 0.335 e. The highest BCUT2D eigenvalue weighted by atomic mass is 79.9. The van der Waals surface area contributed by atoms with Gasteiger partial charge in [-0.2, -0.15) is 0 Å². The minimum atomic E-state index is -1.01. The number of carboxylic acid groups (broad SMARTS) is 1. The number of benzene rings is 2. The molecule has 0 spiro atoms. The molecular formula is C13H10BrClN2O2. The molecule has 2 aromatic carbocycles. The largest absolute Gasteiger partial charge is 0.478 e. The molecule has 0 unspecified atom stereocenters. The molecule has 0 aliphatic carbocycles. The van der Waals surface area contributed by atoms with Gasteiger partial charge >= 0.3 is 5.97 Å². The summed E-state index contributed by atoms with van der Waals surface area (Å²) in [4.78, 5) is 10.9. The number of hydrogen-bond acceptors (Lipinski definition) is 3. The van der Waals surface area contributed by atoms with E-state index in [9.17, 15) is 4.79 Å². The van der Waals surface area contributed by atoms with Crippen LogP contribution >= 0.6 is 27.5 Å². The van der Waals surface area contributed by atoms with Gasteiger partial charge in [-0.05, 0) is 46.3 Å². The zero-order valence-corrected chi connectivity index (χ0v) is 12.0. The van der Waals surface area contributed by atoms with E-state index in [1.54, 1.807) is 18.2 Å². The Morgan fingerprint density at radius 2 is 2.00 bits per heavy atom. The van der Waals surface area contributed by atoms with Gasteiger partial charge in [0, 0.05) is 0 Å². The molecule has 0 heterocycles. The number of anilines is 3. The minimum absolute atomic E-state index is 0.162. The summed E-state index contributed by atoms with van der Waals surface area (Å²) >= 11 is 9.35. The zero-order valence-electron chi connectivity index (χ0n) is 9.65. The van der Waals surface area contributed by atoms with Crippen LogP contribution in [0.4, 0.5) is 17.1 Å². The highest BCUT2D eigenvalue weighted by Gasteiger charge is 2.09. The van der Waals surface area contributed by atoms with Crippen molar-refractivity contribution < 1.29 is 9.90 Å². The highest BCUT2D eigenvalue weighted by molar-refractivity contribution is 9.10. The predicted octanol–water partition coefficient (Wildman–Crippen LogP) is 4.13. The molecule has 2 aromatic rings. The Hall–Kier alpha value is -1.72. The van der Waals surface area contributed by atoms with Gasteiger partial charge in [-0.3, -0.25) is 0 Å². The van der Waals surface area contributed by atoms with Crippen molar-refractivity contribution in [2.75, 3.05) is 11.1 Å². The van der Waals surface area contributed by atoms with Crippen LogP contribution in [0.3, 0.4) is 0 Å². The number of nitrogens with one attached hydrogen (secondary N) is 1. The summed E-state index contributed by atoms with van der Waals surface area (Å²) in [6, 6.07) is 9.81. The van der Waals surface area contributed by atoms with Gasteiger partial charge in [0.15, 0.2) is 0 Å². The lowest BCUT2D eigenvalue weighted by atomic mass is 10.1. The number of carboxylic acids is 1. The average Bonchev–Trinajstić information content (AvgIpc) is 2.37. The molecule has 0 aliphatic heterocycles. The SMILES string of the molecule is Nc1ccc(C(=O)O)cc1Nc1cccc(Cl)c1Br. The molecule has 0 fully saturated rings. The van der Waals surface area contributed by atoms with Crippen molar-refractivity contribution in [1.29, 1.82) is 0 Å². The van der Waals surface area contributed by atoms with E-state index in [0.717, 1.165) is 0 Å². The van der Waals surface area contributed by atoms with Crippen molar-refractivity contribution in [3.8, 4) is 0 Å². The fourth-order valence-corrected chi connectivity index (χ4v) is 2.08. The zero-order chi connectivity index (χ0) is 14.0. The Morgan fingerprint density at radius 3 is 2.68 bits per heavy atom. The number of nitrogens with two attached hydrogens (primary N) is 1. The second-order valence-electron chi connectivity index (χ2n) is 3.83. The quantitative estimate of drug-likeness (QED) is 0.734. The van der Waals surface area contributed by atoms with Gasteiger partial charge in [0.25, 0.3) is 0 Å². The van der Waals surface area contributed by atoms with Crippen LogP contribution in [0.5, 0.6) is 0 Å². The van der Waals surface area contributed by atoms with Crippen LogP contribution in [0, 0.1) is 0 Å². The normalized spacial score (nSPS) is 10.2. The smallest absolute Gasteiger partial charge is 0.335 e. The van der Waals surface area contributed by atoms with E-state index < -0.39 is 5.97 Å². The summed E-state index contributed by atoms with van der Waals surface area (Å²) < 4.78 is 0.691. The lowest BCUT2D eigenvalue weighted by molar-refractivity contribution is 0.0697. The molecular weight excluding hydrogens is 332 g/mol. The van der Waals surface area contributed by atoms with Gasteiger partial charge in [-0.15, -0.1) is 0 Å². The molecule has 0 radical (unpaired) electrons. The average molecular weight is 342 g/mol. The van der Waals surface area contributed by atoms with Crippen LogP contribution in [0.2, 0.25) is 5.02 Å². The van der Waals surface area contributed by atoms with Crippen molar-refractivity contribution >= 4 is 50.6 Å². The standard InChI is InChI=1S/C13H10BrClN2O2/c14-12-8(15)2-1-3-10(12)17-11-6-7(13(18)19)4-5-9(11)16/h1-6,17H,16H2,(H,18,19). The topological polar surface area (TPSA) is 75.4 Å². The molecule has 0 bridgehead atoms. The molecule has 0 aromatic heterocycles. The van der Waals surface area contributed by atoms with Crippen LogP contribution < -0.4 is 11.1 Å². The molecule has 0 aliphatic rings. The molecule has 4 N–H and O–H groups in total. The molecule has 0 atom stereocenters. The van der Waals surface area contributed by atoms with Gasteiger partial charge in [0.05, 0.1) is 32.1 Å². The first-order valence-corrected chi connectivity index (χ1v) is 6.50. The molecule has 0 saturated carbocycles. The highest BCUT2D eigenvalue weighted by Crippen LogP contribution is 2.33. The van der Waals surface area contributed by atoms with Gasteiger partial charge in [0.2, 0.25) is 0 Å². The molecule has 0 saturated heterocycles. The van der Waals surface area contributed by atoms with Crippen molar-refractivity contribution in [3.05, 3.63) is 51.5 Å². The van der Waals surface area contributed by atoms with Crippen molar-refractivity contribution in [1.82, 2.24) is 0 Å². The Kier molecular flexibility index (Phi) is 3.97. The van der Waals surface area contributed by atoms with Crippen LogP contribution in [0.15, 0.2) is 40.9 Å². The Bertz CT molecular complexity index is 647. The number of carbonyl (C=O) groups is 1. The fourth-order valence-electron chi connectivity index (χ4n) is 1.54. The Balaban J connectivity index is 2.40. The van der Waals surface area contributed by atoms with Crippen molar-refractivity contribution in [3.63, 3.8) is 0 Å². The summed E-state index contributed by atoms with van der Waals surface area (Å²) in [5.41, 5.74) is 7.67. The van der Waals surface area contributed by atoms with E-state index in [4.69, 9.17) is 22.4 Å². The third kappa shape index (κ3) is 3.00. The van der Waals surface area contributed by atoms with Gasteiger partial charge in [-0.25, -0.2) is 4.79 Å². The fraction of sp³-hybridized carbons (Fsp3) is 0. The minimum Gasteiger partial charge on any atom is -0.478 e. The van der Waals surface area contributed by atoms with E-state index in [0.29, 0.717) is 26.6 Å². The molecule has 0 amide bonds. The summed E-state index contributed by atoms with van der Waals surface area (Å²) in [5, 5.41) is 12.6. The first-order chi connectivity index (χ1) is 8.99.